The Morgan fingerprint density at radius 3 is 2.74 bits per heavy atom. The number of alkyl halides is 3. The van der Waals surface area contributed by atoms with Crippen molar-refractivity contribution in [2.45, 2.75) is 26.2 Å². The number of carbonyl (C=O) groups is 2. The first-order valence-electron chi connectivity index (χ1n) is 7.67. The molecule has 3 heterocycles. The lowest BCUT2D eigenvalue weighted by Gasteiger charge is -2.16. The first-order chi connectivity index (χ1) is 12.7. The molecule has 0 radical (unpaired) electrons. The molecule has 1 aliphatic rings. The number of pyridine rings is 1. The molecule has 142 valence electrons. The van der Waals surface area contributed by atoms with Crippen LogP contribution in [0.15, 0.2) is 18.3 Å². The molecule has 0 N–H and O–H groups in total. The van der Waals surface area contributed by atoms with Crippen molar-refractivity contribution in [3.05, 3.63) is 46.4 Å². The van der Waals surface area contributed by atoms with Crippen molar-refractivity contribution < 1.29 is 32.6 Å². The lowest BCUT2D eigenvalue weighted by Crippen LogP contribution is -2.26. The van der Waals surface area contributed by atoms with Crippen molar-refractivity contribution in [1.29, 1.82) is 0 Å². The highest BCUT2D eigenvalue weighted by molar-refractivity contribution is 6.01. The number of aromatic carboxylic acids is 1. The average molecular weight is 381 g/mol. The van der Waals surface area contributed by atoms with Crippen LogP contribution in [0.1, 0.15) is 37.7 Å². The van der Waals surface area contributed by atoms with Crippen molar-refractivity contribution in [2.75, 3.05) is 6.61 Å². The van der Waals surface area contributed by atoms with Gasteiger partial charge < -0.3 is 19.5 Å². The van der Waals surface area contributed by atoms with E-state index in [9.17, 15) is 27.9 Å². The Morgan fingerprint density at radius 2 is 2.11 bits per heavy atom. The summed E-state index contributed by atoms with van der Waals surface area (Å²) in [5.74, 6) is -2.15. The minimum atomic E-state index is -4.49. The predicted molar refractivity (Wildman–Crippen MR) is 80.5 cm³/mol. The average Bonchev–Trinajstić information content (AvgIpc) is 2.89. The van der Waals surface area contributed by atoms with Crippen LogP contribution in [0, 0.1) is 6.92 Å². The van der Waals surface area contributed by atoms with E-state index in [2.05, 4.69) is 19.9 Å². The van der Waals surface area contributed by atoms with Gasteiger partial charge in [-0.15, -0.1) is 10.2 Å². The second-order valence-electron chi connectivity index (χ2n) is 5.86. The molecular weight excluding hydrogens is 369 g/mol. The van der Waals surface area contributed by atoms with Gasteiger partial charge in [-0.1, -0.05) is 0 Å². The predicted octanol–water partition coefficient (Wildman–Crippen LogP) is 0.641. The number of carboxylic acids is 1. The van der Waals surface area contributed by atoms with Crippen molar-refractivity contribution in [1.82, 2.24) is 20.1 Å². The number of carboxylic acid groups (broad SMARTS) is 1. The van der Waals surface area contributed by atoms with Crippen molar-refractivity contribution in [3.63, 3.8) is 0 Å². The van der Waals surface area contributed by atoms with E-state index in [4.69, 9.17) is 0 Å². The van der Waals surface area contributed by atoms with Gasteiger partial charge in [0, 0.05) is 29.4 Å². The summed E-state index contributed by atoms with van der Waals surface area (Å²) >= 11 is 0. The summed E-state index contributed by atoms with van der Waals surface area (Å²) in [5.41, 5.74) is 0.791. The van der Waals surface area contributed by atoms with Crippen LogP contribution in [0.5, 0.6) is 5.88 Å². The Balaban J connectivity index is 1.75. The molecule has 0 fully saturated rings. The first kappa shape index (κ1) is 18.5. The van der Waals surface area contributed by atoms with E-state index in [1.165, 1.54) is 30.2 Å². The molecule has 1 amide bonds. The normalized spacial score (nSPS) is 13.6. The fourth-order valence-electron chi connectivity index (χ4n) is 2.68. The Labute approximate surface area is 150 Å². The number of rotatable bonds is 5. The standard InChI is InChI=1S/C16H13F3N4O4/c1-8-4-9(21-22-13(8)27-7-16(17,18)19)5-23-6-11-10(14(23)24)2-3-20-12(11)15(25)26/h2-4H,5-7H2,1H3,(H,25,26)/p-1. The largest absolute Gasteiger partial charge is 0.543 e. The number of fused-ring (bicyclic) bond motifs is 1. The molecule has 2 aromatic heterocycles. The second-order valence-corrected chi connectivity index (χ2v) is 5.86. The summed E-state index contributed by atoms with van der Waals surface area (Å²) < 4.78 is 41.2. The Hall–Kier alpha value is -3.24. The SMILES string of the molecule is Cc1cc(CN2Cc3c(ccnc3C(=O)[O-])C2=O)nnc1OCC(F)(F)F. The number of amides is 1. The number of nitrogens with zero attached hydrogens (tertiary/aromatic N) is 4. The summed E-state index contributed by atoms with van der Waals surface area (Å²) in [6, 6.07) is 2.86. The maximum Gasteiger partial charge on any atom is 0.422 e. The van der Waals surface area contributed by atoms with Gasteiger partial charge in [0.2, 0.25) is 5.88 Å². The van der Waals surface area contributed by atoms with Crippen LogP contribution in [0.4, 0.5) is 13.2 Å². The van der Waals surface area contributed by atoms with Crippen LogP contribution in [0.2, 0.25) is 0 Å². The zero-order chi connectivity index (χ0) is 19.8. The molecule has 0 aliphatic carbocycles. The summed E-state index contributed by atoms with van der Waals surface area (Å²) in [7, 11) is 0. The van der Waals surface area contributed by atoms with Crippen LogP contribution < -0.4 is 9.84 Å². The van der Waals surface area contributed by atoms with E-state index in [0.717, 1.165) is 0 Å². The second kappa shape index (κ2) is 6.82. The minimum absolute atomic E-state index is 0.00161. The monoisotopic (exact) mass is 381 g/mol. The lowest BCUT2D eigenvalue weighted by atomic mass is 10.1. The summed E-state index contributed by atoms with van der Waals surface area (Å²) in [4.78, 5) is 28.6. The number of hydrogen-bond acceptors (Lipinski definition) is 7. The molecule has 0 saturated heterocycles. The number of aromatic nitrogens is 3. The summed E-state index contributed by atoms with van der Waals surface area (Å²) in [6.07, 6.45) is -3.28. The minimum Gasteiger partial charge on any atom is -0.543 e. The molecule has 0 aromatic carbocycles. The Kier molecular flexibility index (Phi) is 4.68. The highest BCUT2D eigenvalue weighted by Crippen LogP contribution is 2.26. The number of aryl methyl sites for hydroxylation is 1. The van der Waals surface area contributed by atoms with Gasteiger partial charge in [-0.25, -0.2) is 0 Å². The van der Waals surface area contributed by atoms with Crippen LogP contribution in [0.3, 0.4) is 0 Å². The van der Waals surface area contributed by atoms with Gasteiger partial charge in [0.15, 0.2) is 6.61 Å². The van der Waals surface area contributed by atoms with E-state index in [0.29, 0.717) is 11.3 Å². The molecule has 0 spiro atoms. The highest BCUT2D eigenvalue weighted by Gasteiger charge is 2.31. The van der Waals surface area contributed by atoms with Gasteiger partial charge in [0.1, 0.15) is 0 Å². The highest BCUT2D eigenvalue weighted by atomic mass is 19.4. The molecule has 3 rings (SSSR count). The number of hydrogen-bond donors (Lipinski definition) is 0. The Bertz CT molecular complexity index is 917. The topological polar surface area (TPSA) is 108 Å². The lowest BCUT2D eigenvalue weighted by molar-refractivity contribution is -0.255. The van der Waals surface area contributed by atoms with E-state index in [1.807, 2.05) is 0 Å². The third-order valence-corrected chi connectivity index (χ3v) is 3.83. The van der Waals surface area contributed by atoms with Gasteiger partial charge in [0.25, 0.3) is 5.91 Å². The van der Waals surface area contributed by atoms with Crippen molar-refractivity contribution in [3.8, 4) is 5.88 Å². The molecule has 0 unspecified atom stereocenters. The van der Waals surface area contributed by atoms with E-state index >= 15 is 0 Å². The van der Waals surface area contributed by atoms with Crippen LogP contribution in [-0.4, -0.2) is 44.7 Å². The third kappa shape index (κ3) is 3.96. The molecule has 0 saturated carbocycles. The van der Waals surface area contributed by atoms with Crippen molar-refractivity contribution >= 4 is 11.9 Å². The quantitative estimate of drug-likeness (QED) is 0.748. The van der Waals surface area contributed by atoms with Gasteiger partial charge in [0.05, 0.1) is 23.9 Å². The zero-order valence-electron chi connectivity index (χ0n) is 13.9. The molecule has 0 bridgehead atoms. The molecule has 0 atom stereocenters. The molecule has 1 aliphatic heterocycles. The van der Waals surface area contributed by atoms with Crippen LogP contribution >= 0.6 is 0 Å². The summed E-state index contributed by atoms with van der Waals surface area (Å²) in [6.45, 7) is 0.00904. The maximum atomic E-state index is 12.4. The molecule has 2 aromatic rings. The van der Waals surface area contributed by atoms with E-state index in [1.54, 1.807) is 0 Å². The molecule has 11 heteroatoms. The molecule has 27 heavy (non-hydrogen) atoms. The smallest absolute Gasteiger partial charge is 0.422 e. The van der Waals surface area contributed by atoms with Gasteiger partial charge in [-0.2, -0.15) is 13.2 Å². The number of halogens is 3. The van der Waals surface area contributed by atoms with Gasteiger partial charge >= 0.3 is 6.18 Å². The fourth-order valence-corrected chi connectivity index (χ4v) is 2.68. The number of ether oxygens (including phenoxy) is 1. The van der Waals surface area contributed by atoms with E-state index in [-0.39, 0.29) is 35.8 Å². The Morgan fingerprint density at radius 1 is 1.37 bits per heavy atom. The first-order valence-corrected chi connectivity index (χ1v) is 7.67. The maximum absolute atomic E-state index is 12.4. The molecule has 8 nitrogen and oxygen atoms in total. The van der Waals surface area contributed by atoms with E-state index < -0.39 is 24.7 Å². The van der Waals surface area contributed by atoms with Crippen LogP contribution in [-0.2, 0) is 13.1 Å². The van der Waals surface area contributed by atoms with Gasteiger partial charge in [-0.05, 0) is 19.1 Å². The van der Waals surface area contributed by atoms with Crippen molar-refractivity contribution in [2.24, 2.45) is 0 Å². The molecular formula is C16H12F3N4O4-. The zero-order valence-corrected chi connectivity index (χ0v) is 13.9. The number of carbonyl (C=O) groups excluding carboxylic acids is 2. The van der Waals surface area contributed by atoms with Crippen LogP contribution in [0.25, 0.3) is 0 Å². The summed E-state index contributed by atoms with van der Waals surface area (Å²) in [5, 5.41) is 18.5. The fraction of sp³-hybridized carbons (Fsp3) is 0.312. The van der Waals surface area contributed by atoms with Gasteiger partial charge in [-0.3, -0.25) is 9.78 Å². The third-order valence-electron chi connectivity index (χ3n) is 3.83.